The van der Waals surface area contributed by atoms with Crippen LogP contribution in [0.15, 0.2) is 36.4 Å². The van der Waals surface area contributed by atoms with E-state index in [9.17, 15) is 0 Å². The van der Waals surface area contributed by atoms with Gasteiger partial charge in [0.25, 0.3) is 0 Å². The van der Waals surface area contributed by atoms with Crippen molar-refractivity contribution >= 4 is 11.6 Å². The smallest absolute Gasteiger partial charge is 0.133 e. The van der Waals surface area contributed by atoms with Gasteiger partial charge >= 0.3 is 0 Å². The maximum absolute atomic E-state index is 5.84. The number of nitrogens with one attached hydrogen (secondary N) is 1. The van der Waals surface area contributed by atoms with Gasteiger partial charge in [-0.2, -0.15) is 0 Å². The topological polar surface area (TPSA) is 63.8 Å². The largest absolute Gasteiger partial charge is 0.384 e. The molecule has 0 saturated carbocycles. The third-order valence-electron chi connectivity index (χ3n) is 3.37. The van der Waals surface area contributed by atoms with E-state index in [2.05, 4.69) is 53.4 Å². The molecule has 112 valence electrons. The van der Waals surface area contributed by atoms with Crippen molar-refractivity contribution in [2.75, 3.05) is 11.1 Å². The number of rotatable bonds is 7. The number of hydrogen-bond donors (Lipinski definition) is 2. The molecule has 1 atom stereocenters. The molecular weight excluding hydrogens is 260 g/mol. The first-order chi connectivity index (χ1) is 10.2. The first kappa shape index (κ1) is 15.3. The van der Waals surface area contributed by atoms with Gasteiger partial charge < -0.3 is 11.1 Å². The van der Waals surface area contributed by atoms with Crippen LogP contribution in [0.25, 0.3) is 0 Å². The van der Waals surface area contributed by atoms with E-state index in [-0.39, 0.29) is 0 Å². The minimum Gasteiger partial charge on any atom is -0.384 e. The van der Waals surface area contributed by atoms with Crippen molar-refractivity contribution in [3.8, 4) is 0 Å². The average molecular weight is 284 g/mol. The van der Waals surface area contributed by atoms with E-state index >= 15 is 0 Å². The molecule has 0 bridgehead atoms. The molecule has 0 aliphatic heterocycles. The number of aromatic nitrogens is 2. The van der Waals surface area contributed by atoms with E-state index in [1.807, 2.05) is 6.07 Å². The molecule has 3 N–H and O–H groups in total. The molecule has 4 heteroatoms. The molecule has 1 heterocycles. The Morgan fingerprint density at radius 1 is 1.14 bits per heavy atom. The zero-order valence-corrected chi connectivity index (χ0v) is 12.8. The lowest BCUT2D eigenvalue weighted by Crippen LogP contribution is -2.18. The van der Waals surface area contributed by atoms with Crippen LogP contribution >= 0.6 is 0 Å². The molecule has 1 aromatic heterocycles. The molecule has 0 saturated heterocycles. The standard InChI is InChI=1S/C17H24N4/c1-3-7-16-20-15(18)12-17(21-16)19-13(2)10-11-14-8-5-4-6-9-14/h4-6,8-9,12-13H,3,7,10-11H2,1-2H3,(H3,18,19,20,21). The number of nitrogens with zero attached hydrogens (tertiary/aromatic N) is 2. The number of anilines is 2. The fraction of sp³-hybridized carbons (Fsp3) is 0.412. The predicted octanol–water partition coefficient (Wildman–Crippen LogP) is 3.44. The van der Waals surface area contributed by atoms with E-state index in [4.69, 9.17) is 5.73 Å². The lowest BCUT2D eigenvalue weighted by molar-refractivity contribution is 0.700. The normalized spacial score (nSPS) is 12.1. The van der Waals surface area contributed by atoms with Gasteiger partial charge in [-0.1, -0.05) is 37.3 Å². The Balaban J connectivity index is 1.91. The third kappa shape index (κ3) is 5.06. The van der Waals surface area contributed by atoms with Gasteiger partial charge in [-0.25, -0.2) is 9.97 Å². The number of nitrogens with two attached hydrogens (primary N) is 1. The molecule has 0 fully saturated rings. The molecule has 0 radical (unpaired) electrons. The fourth-order valence-electron chi connectivity index (χ4n) is 2.28. The molecule has 4 nitrogen and oxygen atoms in total. The SMILES string of the molecule is CCCc1nc(N)cc(NC(C)CCc2ccccc2)n1. The minimum absolute atomic E-state index is 0.342. The van der Waals surface area contributed by atoms with Gasteiger partial charge in [0.15, 0.2) is 0 Å². The Hall–Kier alpha value is -2.10. The number of hydrogen-bond acceptors (Lipinski definition) is 4. The van der Waals surface area contributed by atoms with Crippen molar-refractivity contribution in [3.05, 3.63) is 47.8 Å². The highest BCUT2D eigenvalue weighted by Gasteiger charge is 2.06. The summed E-state index contributed by atoms with van der Waals surface area (Å²) in [6.07, 6.45) is 3.99. The summed E-state index contributed by atoms with van der Waals surface area (Å²) in [6.45, 7) is 4.28. The van der Waals surface area contributed by atoms with Crippen molar-refractivity contribution in [3.63, 3.8) is 0 Å². The van der Waals surface area contributed by atoms with Crippen LogP contribution in [0.1, 0.15) is 38.1 Å². The quantitative estimate of drug-likeness (QED) is 0.817. The Kier molecular flexibility index (Phi) is 5.55. The van der Waals surface area contributed by atoms with Crippen molar-refractivity contribution in [2.45, 2.75) is 45.6 Å². The monoisotopic (exact) mass is 284 g/mol. The van der Waals surface area contributed by atoms with Crippen LogP contribution in [-0.2, 0) is 12.8 Å². The summed E-state index contributed by atoms with van der Waals surface area (Å²) in [5.74, 6) is 2.17. The van der Waals surface area contributed by atoms with Crippen LogP contribution in [0, 0.1) is 0 Å². The Bertz CT molecular complexity index is 554. The highest BCUT2D eigenvalue weighted by atomic mass is 15.1. The van der Waals surface area contributed by atoms with Gasteiger partial charge in [0.2, 0.25) is 0 Å². The molecule has 2 rings (SSSR count). The van der Waals surface area contributed by atoms with Crippen LogP contribution in [0.5, 0.6) is 0 Å². The maximum Gasteiger partial charge on any atom is 0.133 e. The molecule has 1 unspecified atom stereocenters. The van der Waals surface area contributed by atoms with Crippen LogP contribution < -0.4 is 11.1 Å². The maximum atomic E-state index is 5.84. The molecule has 0 amide bonds. The summed E-state index contributed by atoms with van der Waals surface area (Å²) in [5.41, 5.74) is 7.20. The van der Waals surface area contributed by atoms with Gasteiger partial charge in [0.05, 0.1) is 0 Å². The highest BCUT2D eigenvalue weighted by molar-refractivity contribution is 5.45. The van der Waals surface area contributed by atoms with Gasteiger partial charge in [0, 0.05) is 18.5 Å². The molecule has 0 aliphatic rings. The third-order valence-corrected chi connectivity index (χ3v) is 3.37. The van der Waals surface area contributed by atoms with Crippen LogP contribution in [-0.4, -0.2) is 16.0 Å². The Morgan fingerprint density at radius 3 is 2.62 bits per heavy atom. The summed E-state index contributed by atoms with van der Waals surface area (Å²) in [7, 11) is 0. The summed E-state index contributed by atoms with van der Waals surface area (Å²) >= 11 is 0. The van der Waals surface area contributed by atoms with Gasteiger partial charge in [-0.15, -0.1) is 0 Å². The Labute approximate surface area is 126 Å². The van der Waals surface area contributed by atoms with Crippen LogP contribution in [0.3, 0.4) is 0 Å². The minimum atomic E-state index is 0.342. The summed E-state index contributed by atoms with van der Waals surface area (Å²) in [4.78, 5) is 8.77. The van der Waals surface area contributed by atoms with Gasteiger partial charge in [0.1, 0.15) is 17.5 Å². The molecule has 21 heavy (non-hydrogen) atoms. The molecule has 1 aromatic carbocycles. The van der Waals surface area contributed by atoms with Crippen molar-refractivity contribution in [2.24, 2.45) is 0 Å². The lowest BCUT2D eigenvalue weighted by Gasteiger charge is -2.15. The predicted molar refractivity (Wildman–Crippen MR) is 88.3 cm³/mol. The first-order valence-electron chi connectivity index (χ1n) is 7.61. The molecule has 0 spiro atoms. The molecule has 2 aromatic rings. The van der Waals surface area contributed by atoms with E-state index in [0.717, 1.165) is 37.3 Å². The molecule has 0 aliphatic carbocycles. The summed E-state index contributed by atoms with van der Waals surface area (Å²) < 4.78 is 0. The van der Waals surface area contributed by atoms with E-state index in [1.165, 1.54) is 5.56 Å². The van der Waals surface area contributed by atoms with E-state index in [1.54, 1.807) is 6.07 Å². The van der Waals surface area contributed by atoms with Crippen molar-refractivity contribution < 1.29 is 0 Å². The van der Waals surface area contributed by atoms with Crippen molar-refractivity contribution in [1.29, 1.82) is 0 Å². The second kappa shape index (κ2) is 7.62. The van der Waals surface area contributed by atoms with Crippen LogP contribution in [0.2, 0.25) is 0 Å². The van der Waals surface area contributed by atoms with Crippen molar-refractivity contribution in [1.82, 2.24) is 9.97 Å². The lowest BCUT2D eigenvalue weighted by atomic mass is 10.1. The fourth-order valence-corrected chi connectivity index (χ4v) is 2.28. The highest BCUT2D eigenvalue weighted by Crippen LogP contribution is 2.13. The van der Waals surface area contributed by atoms with E-state index < -0.39 is 0 Å². The molecular formula is C17H24N4. The second-order valence-corrected chi connectivity index (χ2v) is 5.41. The zero-order chi connectivity index (χ0) is 15.1. The van der Waals surface area contributed by atoms with E-state index in [0.29, 0.717) is 11.9 Å². The average Bonchev–Trinajstić information content (AvgIpc) is 2.46. The Morgan fingerprint density at radius 2 is 1.90 bits per heavy atom. The van der Waals surface area contributed by atoms with Gasteiger partial charge in [-0.05, 0) is 31.7 Å². The van der Waals surface area contributed by atoms with Crippen LogP contribution in [0.4, 0.5) is 11.6 Å². The second-order valence-electron chi connectivity index (χ2n) is 5.41. The number of benzene rings is 1. The summed E-state index contributed by atoms with van der Waals surface area (Å²) in [5, 5.41) is 3.42. The first-order valence-corrected chi connectivity index (χ1v) is 7.61. The number of aryl methyl sites for hydroxylation is 2. The summed E-state index contributed by atoms with van der Waals surface area (Å²) in [6, 6.07) is 12.7. The zero-order valence-electron chi connectivity index (χ0n) is 12.8. The van der Waals surface area contributed by atoms with Gasteiger partial charge in [-0.3, -0.25) is 0 Å². The number of nitrogen functional groups attached to an aromatic ring is 1.